The van der Waals surface area contributed by atoms with E-state index >= 15 is 0 Å². The second-order valence-corrected chi connectivity index (χ2v) is 4.16. The van der Waals surface area contributed by atoms with Gasteiger partial charge in [0.25, 0.3) is 0 Å². The maximum absolute atomic E-state index is 11.6. The fraction of sp³-hybridized carbons (Fsp3) is 0.636. The zero-order chi connectivity index (χ0) is 14.4. The number of esters is 1. The van der Waals surface area contributed by atoms with Crippen molar-refractivity contribution in [2.45, 2.75) is 25.3 Å². The van der Waals surface area contributed by atoms with Gasteiger partial charge < -0.3 is 20.1 Å². The molecule has 0 radical (unpaired) electrons. The molecular weight excluding hydrogens is 256 g/mol. The van der Waals surface area contributed by atoms with Gasteiger partial charge in [0.2, 0.25) is 11.8 Å². The summed E-state index contributed by atoms with van der Waals surface area (Å²) in [6, 6.07) is -1.35. The summed E-state index contributed by atoms with van der Waals surface area (Å²) in [6.45, 7) is 0.296. The molecule has 0 saturated carbocycles. The van der Waals surface area contributed by atoms with Gasteiger partial charge in [0, 0.05) is 13.0 Å². The van der Waals surface area contributed by atoms with Gasteiger partial charge in [0.05, 0.1) is 20.1 Å². The van der Waals surface area contributed by atoms with Crippen molar-refractivity contribution in [3.63, 3.8) is 0 Å². The van der Waals surface area contributed by atoms with Gasteiger partial charge in [-0.1, -0.05) is 0 Å². The highest BCUT2D eigenvalue weighted by atomic mass is 16.5. The molecule has 8 nitrogen and oxygen atoms in total. The van der Waals surface area contributed by atoms with Gasteiger partial charge in [-0.15, -0.1) is 0 Å². The number of ether oxygens (including phenoxy) is 1. The molecule has 0 spiro atoms. The molecule has 0 unspecified atom stereocenters. The average Bonchev–Trinajstić information content (AvgIpc) is 2.73. The number of hydrogen-bond donors (Lipinski definition) is 2. The molecule has 1 atom stereocenters. The lowest BCUT2D eigenvalue weighted by Gasteiger charge is -2.17. The first-order valence-electron chi connectivity index (χ1n) is 5.80. The predicted molar refractivity (Wildman–Crippen MR) is 62.0 cm³/mol. The molecule has 1 saturated heterocycles. The minimum atomic E-state index is -1.35. The number of carbonyl (C=O) groups is 4. The van der Waals surface area contributed by atoms with Crippen molar-refractivity contribution >= 4 is 23.8 Å². The Kier molecular flexibility index (Phi) is 5.28. The van der Waals surface area contributed by atoms with Crippen LogP contribution in [0.15, 0.2) is 0 Å². The van der Waals surface area contributed by atoms with Gasteiger partial charge in [-0.2, -0.15) is 0 Å². The van der Waals surface area contributed by atoms with E-state index in [0.717, 1.165) is 7.11 Å². The Morgan fingerprint density at radius 3 is 2.63 bits per heavy atom. The minimum absolute atomic E-state index is 0.130. The lowest BCUT2D eigenvalue weighted by atomic mass is 10.2. The fourth-order valence-electron chi connectivity index (χ4n) is 1.73. The molecule has 1 heterocycles. The number of nitrogens with zero attached hydrogens (tertiary/aromatic N) is 1. The summed E-state index contributed by atoms with van der Waals surface area (Å²) >= 11 is 0. The number of rotatable bonds is 6. The number of hydrogen-bond acceptors (Lipinski definition) is 5. The molecule has 1 aliphatic heterocycles. The highest BCUT2D eigenvalue weighted by molar-refractivity contribution is 5.90. The van der Waals surface area contributed by atoms with Gasteiger partial charge in [0.15, 0.2) is 0 Å². The van der Waals surface area contributed by atoms with Gasteiger partial charge in [0.1, 0.15) is 6.04 Å². The van der Waals surface area contributed by atoms with E-state index in [1.807, 2.05) is 0 Å². The lowest BCUT2D eigenvalue weighted by molar-refractivity contribution is -0.149. The normalized spacial score (nSPS) is 16.1. The first-order valence-corrected chi connectivity index (χ1v) is 5.80. The van der Waals surface area contributed by atoms with E-state index in [2.05, 4.69) is 10.1 Å². The van der Waals surface area contributed by atoms with Crippen LogP contribution < -0.4 is 5.32 Å². The molecular formula is C11H16N2O6. The third kappa shape index (κ3) is 4.57. The van der Waals surface area contributed by atoms with Crippen LogP contribution in [0.4, 0.5) is 0 Å². The molecule has 8 heteroatoms. The summed E-state index contributed by atoms with van der Waals surface area (Å²) in [5, 5.41) is 11.1. The third-order valence-electron chi connectivity index (χ3n) is 2.74. The quantitative estimate of drug-likeness (QED) is 0.584. The highest BCUT2D eigenvalue weighted by Crippen LogP contribution is 2.08. The van der Waals surface area contributed by atoms with Crippen molar-refractivity contribution in [2.75, 3.05) is 20.2 Å². The van der Waals surface area contributed by atoms with Crippen molar-refractivity contribution in [3.05, 3.63) is 0 Å². The topological polar surface area (TPSA) is 113 Å². The molecule has 0 aliphatic carbocycles. The number of carboxylic acid groups (broad SMARTS) is 1. The van der Waals surface area contributed by atoms with E-state index in [4.69, 9.17) is 5.11 Å². The molecule has 1 fully saturated rings. The summed E-state index contributed by atoms with van der Waals surface area (Å²) in [6.07, 6.45) is 0.639. The Morgan fingerprint density at radius 1 is 1.47 bits per heavy atom. The maximum atomic E-state index is 11.6. The molecule has 2 N–H and O–H groups in total. The first kappa shape index (κ1) is 14.9. The minimum Gasteiger partial charge on any atom is -0.480 e. The van der Waals surface area contributed by atoms with Gasteiger partial charge in [-0.05, 0) is 6.42 Å². The second kappa shape index (κ2) is 6.72. The predicted octanol–water partition coefficient (Wildman–Crippen LogP) is -1.26. The molecule has 106 valence electrons. The van der Waals surface area contributed by atoms with E-state index in [1.165, 1.54) is 4.90 Å². The Bertz CT molecular complexity index is 395. The number of nitrogens with one attached hydrogen (secondary N) is 1. The van der Waals surface area contributed by atoms with Crippen LogP contribution in [-0.4, -0.2) is 60.0 Å². The lowest BCUT2D eigenvalue weighted by Crippen LogP contribution is -2.46. The van der Waals surface area contributed by atoms with Gasteiger partial charge in [-0.3, -0.25) is 14.4 Å². The summed E-state index contributed by atoms with van der Waals surface area (Å²) in [4.78, 5) is 46.2. The summed E-state index contributed by atoms with van der Waals surface area (Å²) in [7, 11) is 1.13. The number of carboxylic acids is 1. The standard InChI is InChI=1S/C11H16N2O6/c1-19-10(16)5-7(11(17)18)12-8(14)6-13-4-2-3-9(13)15/h7H,2-6H2,1H3,(H,12,14)(H,17,18)/t7-/m0/s1. The van der Waals surface area contributed by atoms with E-state index in [9.17, 15) is 19.2 Å². The zero-order valence-corrected chi connectivity index (χ0v) is 10.5. The summed E-state index contributed by atoms with van der Waals surface area (Å²) in [5.74, 6) is -2.79. The Morgan fingerprint density at radius 2 is 2.16 bits per heavy atom. The molecule has 0 aromatic carbocycles. The largest absolute Gasteiger partial charge is 0.480 e. The maximum Gasteiger partial charge on any atom is 0.326 e. The van der Waals surface area contributed by atoms with Crippen molar-refractivity contribution < 1.29 is 29.0 Å². The van der Waals surface area contributed by atoms with Crippen LogP contribution in [0, 0.1) is 0 Å². The van der Waals surface area contributed by atoms with Crippen molar-refractivity contribution in [2.24, 2.45) is 0 Å². The first-order chi connectivity index (χ1) is 8.93. The molecule has 1 rings (SSSR count). The van der Waals surface area contributed by atoms with Crippen LogP contribution in [0.3, 0.4) is 0 Å². The number of aliphatic carboxylic acids is 1. The summed E-state index contributed by atoms with van der Waals surface area (Å²) < 4.78 is 4.34. The number of methoxy groups -OCH3 is 1. The number of likely N-dealkylation sites (tertiary alicyclic amines) is 1. The van der Waals surface area contributed by atoms with Crippen molar-refractivity contribution in [3.8, 4) is 0 Å². The van der Waals surface area contributed by atoms with E-state index < -0.39 is 30.3 Å². The molecule has 19 heavy (non-hydrogen) atoms. The zero-order valence-electron chi connectivity index (χ0n) is 10.5. The van der Waals surface area contributed by atoms with Crippen LogP contribution in [0.25, 0.3) is 0 Å². The molecule has 0 aromatic rings. The average molecular weight is 272 g/mol. The second-order valence-electron chi connectivity index (χ2n) is 4.16. The van der Waals surface area contributed by atoms with Crippen molar-refractivity contribution in [1.82, 2.24) is 10.2 Å². The van der Waals surface area contributed by atoms with Crippen LogP contribution >= 0.6 is 0 Å². The van der Waals surface area contributed by atoms with Crippen LogP contribution in [0.1, 0.15) is 19.3 Å². The molecule has 0 bridgehead atoms. The van der Waals surface area contributed by atoms with Gasteiger partial charge >= 0.3 is 11.9 Å². The van der Waals surface area contributed by atoms with Crippen LogP contribution in [-0.2, 0) is 23.9 Å². The highest BCUT2D eigenvalue weighted by Gasteiger charge is 2.27. The van der Waals surface area contributed by atoms with E-state index in [0.29, 0.717) is 19.4 Å². The van der Waals surface area contributed by atoms with Crippen molar-refractivity contribution in [1.29, 1.82) is 0 Å². The van der Waals surface area contributed by atoms with Crippen LogP contribution in [0.5, 0.6) is 0 Å². The fourth-order valence-corrected chi connectivity index (χ4v) is 1.73. The Labute approximate surface area is 109 Å². The smallest absolute Gasteiger partial charge is 0.326 e. The van der Waals surface area contributed by atoms with Crippen LogP contribution in [0.2, 0.25) is 0 Å². The van der Waals surface area contributed by atoms with E-state index in [-0.39, 0.29) is 12.5 Å². The SMILES string of the molecule is COC(=O)C[C@H](NC(=O)CN1CCCC1=O)C(=O)O. The van der Waals surface area contributed by atoms with Gasteiger partial charge in [-0.25, -0.2) is 4.79 Å². The summed E-state index contributed by atoms with van der Waals surface area (Å²) in [5.41, 5.74) is 0. The third-order valence-corrected chi connectivity index (χ3v) is 2.74. The molecule has 1 aliphatic rings. The Balaban J connectivity index is 2.49. The Hall–Kier alpha value is -2.12. The van der Waals surface area contributed by atoms with E-state index in [1.54, 1.807) is 0 Å². The monoisotopic (exact) mass is 272 g/mol. The molecule has 0 aromatic heterocycles. The number of amides is 2. The molecule has 2 amide bonds. The number of carbonyl (C=O) groups excluding carboxylic acids is 3.